The third-order valence-corrected chi connectivity index (χ3v) is 5.03. The first-order valence-electron chi connectivity index (χ1n) is 8.86. The minimum atomic E-state index is -0.653. The molecule has 0 saturated heterocycles. The average Bonchev–Trinajstić information content (AvgIpc) is 2.68. The molecule has 3 rings (SSSR count). The summed E-state index contributed by atoms with van der Waals surface area (Å²) in [4.78, 5) is 24.4. The zero-order chi connectivity index (χ0) is 20.1. The normalized spacial score (nSPS) is 13.5. The SMILES string of the molecule is CC(NC(=O)c1ccc(Br)cc1)C(=O)NCCc1cc(Cl)c2c(c1)OCCO2. The molecule has 0 aromatic heterocycles. The van der Waals surface area contributed by atoms with Crippen LogP contribution >= 0.6 is 27.5 Å². The standard InChI is InChI=1S/C20H20BrClN2O4/c1-12(24-20(26)14-2-4-15(21)5-3-14)19(25)23-7-6-13-10-16(22)18-17(11-13)27-8-9-28-18/h2-5,10-12H,6-9H2,1H3,(H,23,25)(H,24,26). The molecule has 0 saturated carbocycles. The molecule has 1 heterocycles. The van der Waals surface area contributed by atoms with Crippen LogP contribution in [0.15, 0.2) is 40.9 Å². The molecule has 8 heteroatoms. The first kappa shape index (κ1) is 20.5. The number of ether oxygens (including phenoxy) is 2. The van der Waals surface area contributed by atoms with Gasteiger partial charge in [0.25, 0.3) is 5.91 Å². The van der Waals surface area contributed by atoms with E-state index in [4.69, 9.17) is 21.1 Å². The number of carbonyl (C=O) groups is 2. The van der Waals surface area contributed by atoms with Crippen LogP contribution in [-0.2, 0) is 11.2 Å². The third kappa shape index (κ3) is 5.17. The van der Waals surface area contributed by atoms with Gasteiger partial charge in [-0.1, -0.05) is 27.5 Å². The van der Waals surface area contributed by atoms with E-state index in [9.17, 15) is 9.59 Å². The fourth-order valence-corrected chi connectivity index (χ4v) is 3.29. The molecular weight excluding hydrogens is 448 g/mol. The van der Waals surface area contributed by atoms with Crippen molar-refractivity contribution < 1.29 is 19.1 Å². The third-order valence-electron chi connectivity index (χ3n) is 4.22. The Morgan fingerprint density at radius 2 is 1.89 bits per heavy atom. The van der Waals surface area contributed by atoms with E-state index in [0.717, 1.165) is 10.0 Å². The van der Waals surface area contributed by atoms with Crippen molar-refractivity contribution in [2.45, 2.75) is 19.4 Å². The highest BCUT2D eigenvalue weighted by Crippen LogP contribution is 2.38. The van der Waals surface area contributed by atoms with Crippen molar-refractivity contribution in [2.75, 3.05) is 19.8 Å². The van der Waals surface area contributed by atoms with Crippen LogP contribution < -0.4 is 20.1 Å². The maximum Gasteiger partial charge on any atom is 0.251 e. The number of fused-ring (bicyclic) bond motifs is 1. The van der Waals surface area contributed by atoms with E-state index >= 15 is 0 Å². The molecule has 1 atom stereocenters. The van der Waals surface area contributed by atoms with Crippen LogP contribution in [0.2, 0.25) is 5.02 Å². The molecule has 6 nitrogen and oxygen atoms in total. The fourth-order valence-electron chi connectivity index (χ4n) is 2.74. The maximum absolute atomic E-state index is 12.2. The zero-order valence-electron chi connectivity index (χ0n) is 15.3. The van der Waals surface area contributed by atoms with Crippen molar-refractivity contribution in [1.29, 1.82) is 0 Å². The molecule has 0 aliphatic carbocycles. The highest BCUT2D eigenvalue weighted by molar-refractivity contribution is 9.10. The van der Waals surface area contributed by atoms with Crippen LogP contribution in [0.25, 0.3) is 0 Å². The lowest BCUT2D eigenvalue weighted by atomic mass is 10.1. The average molecular weight is 468 g/mol. The van der Waals surface area contributed by atoms with Crippen LogP contribution in [0.5, 0.6) is 11.5 Å². The van der Waals surface area contributed by atoms with Crippen molar-refractivity contribution in [1.82, 2.24) is 10.6 Å². The van der Waals surface area contributed by atoms with Crippen molar-refractivity contribution in [3.05, 3.63) is 57.0 Å². The predicted octanol–water partition coefficient (Wildman–Crippen LogP) is 3.35. The molecule has 1 aliphatic heterocycles. The second kappa shape index (κ2) is 9.30. The van der Waals surface area contributed by atoms with Gasteiger partial charge in [-0.25, -0.2) is 0 Å². The van der Waals surface area contributed by atoms with Gasteiger partial charge in [-0.2, -0.15) is 0 Å². The molecule has 1 aliphatic rings. The summed E-state index contributed by atoms with van der Waals surface area (Å²) in [6, 6.07) is 9.95. The van der Waals surface area contributed by atoms with Crippen LogP contribution in [0.4, 0.5) is 0 Å². The Morgan fingerprint density at radius 1 is 1.18 bits per heavy atom. The summed E-state index contributed by atoms with van der Waals surface area (Å²) in [6.07, 6.45) is 0.579. The van der Waals surface area contributed by atoms with Gasteiger partial charge in [-0.15, -0.1) is 0 Å². The van der Waals surface area contributed by atoms with Crippen LogP contribution in [0.3, 0.4) is 0 Å². The van der Waals surface area contributed by atoms with Crippen LogP contribution in [-0.4, -0.2) is 37.6 Å². The molecule has 0 fully saturated rings. The Balaban J connectivity index is 1.49. The van der Waals surface area contributed by atoms with Gasteiger partial charge in [0.15, 0.2) is 11.5 Å². The van der Waals surface area contributed by atoms with Gasteiger partial charge in [0.1, 0.15) is 19.3 Å². The second-order valence-corrected chi connectivity index (χ2v) is 7.67. The summed E-state index contributed by atoms with van der Waals surface area (Å²) in [7, 11) is 0. The van der Waals surface area contributed by atoms with Gasteiger partial charge >= 0.3 is 0 Å². The van der Waals surface area contributed by atoms with Crippen molar-refractivity contribution >= 4 is 39.3 Å². The highest BCUT2D eigenvalue weighted by atomic mass is 79.9. The fraction of sp³-hybridized carbons (Fsp3) is 0.300. The first-order chi connectivity index (χ1) is 13.4. The summed E-state index contributed by atoms with van der Waals surface area (Å²) in [5.41, 5.74) is 1.43. The second-order valence-electron chi connectivity index (χ2n) is 6.34. The molecule has 0 bridgehead atoms. The monoisotopic (exact) mass is 466 g/mol. The van der Waals surface area contributed by atoms with E-state index in [0.29, 0.717) is 48.3 Å². The molecule has 2 aromatic rings. The number of halogens is 2. The molecule has 2 N–H and O–H groups in total. The summed E-state index contributed by atoms with van der Waals surface area (Å²) >= 11 is 9.54. The summed E-state index contributed by atoms with van der Waals surface area (Å²) in [5.74, 6) is 0.628. The number of nitrogens with one attached hydrogen (secondary N) is 2. The molecule has 1 unspecified atom stereocenters. The van der Waals surface area contributed by atoms with Gasteiger partial charge < -0.3 is 20.1 Å². The molecule has 2 aromatic carbocycles. The lowest BCUT2D eigenvalue weighted by Crippen LogP contribution is -2.45. The lowest BCUT2D eigenvalue weighted by molar-refractivity contribution is -0.122. The van der Waals surface area contributed by atoms with E-state index in [1.807, 2.05) is 6.07 Å². The Bertz CT molecular complexity index is 873. The topological polar surface area (TPSA) is 76.7 Å². The Labute approximate surface area is 176 Å². The van der Waals surface area contributed by atoms with Crippen LogP contribution in [0, 0.1) is 0 Å². The first-order valence-corrected chi connectivity index (χ1v) is 10.0. The Morgan fingerprint density at radius 3 is 2.64 bits per heavy atom. The largest absolute Gasteiger partial charge is 0.486 e. The molecular formula is C20H20BrClN2O4. The zero-order valence-corrected chi connectivity index (χ0v) is 17.6. The Hall–Kier alpha value is -2.25. The number of hydrogen-bond donors (Lipinski definition) is 2. The van der Waals surface area contributed by atoms with Crippen molar-refractivity contribution in [2.24, 2.45) is 0 Å². The van der Waals surface area contributed by atoms with E-state index in [2.05, 4.69) is 26.6 Å². The smallest absolute Gasteiger partial charge is 0.251 e. The summed E-state index contributed by atoms with van der Waals surface area (Å²) in [5, 5.41) is 6.00. The number of amides is 2. The quantitative estimate of drug-likeness (QED) is 0.683. The minimum absolute atomic E-state index is 0.255. The predicted molar refractivity (Wildman–Crippen MR) is 110 cm³/mol. The van der Waals surface area contributed by atoms with Gasteiger partial charge in [0, 0.05) is 16.6 Å². The lowest BCUT2D eigenvalue weighted by Gasteiger charge is -2.20. The van der Waals surface area contributed by atoms with Gasteiger partial charge in [0.05, 0.1) is 5.02 Å². The van der Waals surface area contributed by atoms with E-state index in [-0.39, 0.29) is 11.8 Å². The maximum atomic E-state index is 12.2. The number of hydrogen-bond acceptors (Lipinski definition) is 4. The van der Waals surface area contributed by atoms with E-state index in [1.165, 1.54) is 0 Å². The minimum Gasteiger partial charge on any atom is -0.486 e. The van der Waals surface area contributed by atoms with Gasteiger partial charge in [0.2, 0.25) is 5.91 Å². The van der Waals surface area contributed by atoms with E-state index < -0.39 is 6.04 Å². The van der Waals surface area contributed by atoms with Crippen molar-refractivity contribution in [3.8, 4) is 11.5 Å². The summed E-state index contributed by atoms with van der Waals surface area (Å²) < 4.78 is 11.9. The van der Waals surface area contributed by atoms with Gasteiger partial charge in [-0.3, -0.25) is 9.59 Å². The molecule has 28 heavy (non-hydrogen) atoms. The number of carbonyl (C=O) groups excluding carboxylic acids is 2. The number of benzene rings is 2. The van der Waals surface area contributed by atoms with E-state index in [1.54, 1.807) is 37.3 Å². The molecule has 0 spiro atoms. The molecule has 0 radical (unpaired) electrons. The summed E-state index contributed by atoms with van der Waals surface area (Å²) in [6.45, 7) is 3.02. The molecule has 148 valence electrons. The van der Waals surface area contributed by atoms with Crippen molar-refractivity contribution in [3.63, 3.8) is 0 Å². The van der Waals surface area contributed by atoms with Crippen LogP contribution in [0.1, 0.15) is 22.8 Å². The van der Waals surface area contributed by atoms with Gasteiger partial charge in [-0.05, 0) is 55.3 Å². The molecule has 2 amide bonds. The number of rotatable bonds is 6. The highest BCUT2D eigenvalue weighted by Gasteiger charge is 2.18. The Kier molecular flexibility index (Phi) is 6.80.